The predicted octanol–water partition coefficient (Wildman–Crippen LogP) is 5.00. The molecule has 0 saturated heterocycles. The van der Waals surface area contributed by atoms with Crippen molar-refractivity contribution in [2.75, 3.05) is 0 Å². The van der Waals surface area contributed by atoms with E-state index in [1.165, 1.54) is 27.5 Å². The van der Waals surface area contributed by atoms with E-state index in [0.29, 0.717) is 6.04 Å². The first kappa shape index (κ1) is 13.8. The van der Waals surface area contributed by atoms with Gasteiger partial charge in [-0.2, -0.15) is 0 Å². The van der Waals surface area contributed by atoms with Crippen molar-refractivity contribution in [3.8, 4) is 0 Å². The molecule has 1 N–H and O–H groups in total. The lowest BCUT2D eigenvalue weighted by atomic mass is 9.99. The van der Waals surface area contributed by atoms with Gasteiger partial charge in [-0.3, -0.25) is 0 Å². The standard InChI is InChI=1S/C20H21N/c1-15-8-3-4-10-18(15)14-21-16(2)19-13-7-11-17-9-5-6-12-20(17)19/h3-13,16,21H,14H2,1-2H3. The second-order valence-electron chi connectivity index (χ2n) is 5.60. The van der Waals surface area contributed by atoms with E-state index in [1.807, 2.05) is 0 Å². The van der Waals surface area contributed by atoms with Crippen molar-refractivity contribution < 1.29 is 0 Å². The van der Waals surface area contributed by atoms with Crippen LogP contribution < -0.4 is 5.32 Å². The zero-order chi connectivity index (χ0) is 14.7. The molecule has 3 aromatic rings. The molecule has 0 aliphatic heterocycles. The van der Waals surface area contributed by atoms with Crippen LogP contribution in [0.25, 0.3) is 10.8 Å². The molecule has 3 aromatic carbocycles. The monoisotopic (exact) mass is 275 g/mol. The number of fused-ring (bicyclic) bond motifs is 1. The topological polar surface area (TPSA) is 12.0 Å². The van der Waals surface area contributed by atoms with Crippen molar-refractivity contribution in [2.24, 2.45) is 0 Å². The summed E-state index contributed by atoms with van der Waals surface area (Å²) < 4.78 is 0. The molecule has 0 aliphatic carbocycles. The van der Waals surface area contributed by atoms with Gasteiger partial charge in [-0.1, -0.05) is 66.7 Å². The Bertz CT molecular complexity index is 740. The summed E-state index contributed by atoms with van der Waals surface area (Å²) in [5.74, 6) is 0. The Morgan fingerprint density at radius 2 is 1.57 bits per heavy atom. The van der Waals surface area contributed by atoms with E-state index in [1.54, 1.807) is 0 Å². The summed E-state index contributed by atoms with van der Waals surface area (Å²) in [6, 6.07) is 24.0. The van der Waals surface area contributed by atoms with Crippen molar-refractivity contribution in [3.63, 3.8) is 0 Å². The van der Waals surface area contributed by atoms with Crippen LogP contribution >= 0.6 is 0 Å². The zero-order valence-corrected chi connectivity index (χ0v) is 12.6. The maximum atomic E-state index is 3.65. The highest BCUT2D eigenvalue weighted by Crippen LogP contribution is 2.24. The summed E-state index contributed by atoms with van der Waals surface area (Å²) in [6.45, 7) is 5.30. The van der Waals surface area contributed by atoms with E-state index >= 15 is 0 Å². The number of hydrogen-bond donors (Lipinski definition) is 1. The lowest BCUT2D eigenvalue weighted by molar-refractivity contribution is 0.577. The van der Waals surface area contributed by atoms with Gasteiger partial charge in [0.25, 0.3) is 0 Å². The maximum absolute atomic E-state index is 3.65. The third-order valence-corrected chi connectivity index (χ3v) is 4.15. The molecule has 21 heavy (non-hydrogen) atoms. The SMILES string of the molecule is Cc1ccccc1CNC(C)c1cccc2ccccc12. The molecular formula is C20H21N. The molecule has 0 aliphatic rings. The highest BCUT2D eigenvalue weighted by Gasteiger charge is 2.09. The third-order valence-electron chi connectivity index (χ3n) is 4.15. The first-order valence-corrected chi connectivity index (χ1v) is 7.51. The Kier molecular flexibility index (Phi) is 4.03. The van der Waals surface area contributed by atoms with Gasteiger partial charge in [0.15, 0.2) is 0 Å². The molecule has 1 nitrogen and oxygen atoms in total. The van der Waals surface area contributed by atoms with E-state index in [-0.39, 0.29) is 0 Å². The Labute approximate surface area is 126 Å². The van der Waals surface area contributed by atoms with Crippen LogP contribution in [0.4, 0.5) is 0 Å². The van der Waals surface area contributed by atoms with E-state index < -0.39 is 0 Å². The molecule has 3 rings (SSSR count). The van der Waals surface area contributed by atoms with Gasteiger partial charge in [0, 0.05) is 12.6 Å². The van der Waals surface area contributed by atoms with E-state index in [0.717, 1.165) is 6.54 Å². The van der Waals surface area contributed by atoms with E-state index in [4.69, 9.17) is 0 Å². The summed E-state index contributed by atoms with van der Waals surface area (Å²) in [7, 11) is 0. The summed E-state index contributed by atoms with van der Waals surface area (Å²) in [5, 5.41) is 6.29. The number of hydrogen-bond acceptors (Lipinski definition) is 1. The Morgan fingerprint density at radius 1 is 0.857 bits per heavy atom. The molecular weight excluding hydrogens is 254 g/mol. The Morgan fingerprint density at radius 3 is 2.43 bits per heavy atom. The summed E-state index contributed by atoms with van der Waals surface area (Å²) in [4.78, 5) is 0. The van der Waals surface area contributed by atoms with Crippen LogP contribution in [-0.2, 0) is 6.54 Å². The van der Waals surface area contributed by atoms with Crippen molar-refractivity contribution in [1.29, 1.82) is 0 Å². The molecule has 0 fully saturated rings. The second kappa shape index (κ2) is 6.11. The fraction of sp³-hybridized carbons (Fsp3) is 0.200. The first-order valence-electron chi connectivity index (χ1n) is 7.51. The average Bonchev–Trinajstić information content (AvgIpc) is 2.53. The van der Waals surface area contributed by atoms with Gasteiger partial charge >= 0.3 is 0 Å². The second-order valence-corrected chi connectivity index (χ2v) is 5.60. The van der Waals surface area contributed by atoms with Crippen LogP contribution in [0.15, 0.2) is 66.7 Å². The first-order chi connectivity index (χ1) is 10.3. The molecule has 0 amide bonds. The Hall–Kier alpha value is -2.12. The van der Waals surface area contributed by atoms with Crippen molar-refractivity contribution >= 4 is 10.8 Å². The molecule has 1 unspecified atom stereocenters. The Balaban J connectivity index is 1.81. The molecule has 0 aromatic heterocycles. The van der Waals surface area contributed by atoms with Crippen molar-refractivity contribution in [3.05, 3.63) is 83.4 Å². The average molecular weight is 275 g/mol. The highest BCUT2D eigenvalue weighted by atomic mass is 14.9. The fourth-order valence-electron chi connectivity index (χ4n) is 2.81. The minimum atomic E-state index is 0.329. The van der Waals surface area contributed by atoms with Crippen LogP contribution in [0.5, 0.6) is 0 Å². The molecule has 1 heteroatoms. The highest BCUT2D eigenvalue weighted by molar-refractivity contribution is 5.86. The number of aryl methyl sites for hydroxylation is 1. The quantitative estimate of drug-likeness (QED) is 0.706. The van der Waals surface area contributed by atoms with Gasteiger partial charge in [-0.05, 0) is 41.3 Å². The number of rotatable bonds is 4. The number of benzene rings is 3. The largest absolute Gasteiger partial charge is 0.306 e. The molecule has 0 radical (unpaired) electrons. The fourth-order valence-corrected chi connectivity index (χ4v) is 2.81. The summed E-state index contributed by atoms with van der Waals surface area (Å²) in [5.41, 5.74) is 4.07. The normalized spacial score (nSPS) is 12.5. The van der Waals surface area contributed by atoms with Gasteiger partial charge in [0.1, 0.15) is 0 Å². The predicted molar refractivity (Wildman–Crippen MR) is 90.4 cm³/mol. The molecule has 106 valence electrons. The smallest absolute Gasteiger partial charge is 0.0301 e. The third kappa shape index (κ3) is 2.98. The lowest BCUT2D eigenvalue weighted by Gasteiger charge is -2.17. The lowest BCUT2D eigenvalue weighted by Crippen LogP contribution is -2.18. The summed E-state index contributed by atoms with van der Waals surface area (Å²) >= 11 is 0. The van der Waals surface area contributed by atoms with E-state index in [9.17, 15) is 0 Å². The molecule has 1 atom stereocenters. The zero-order valence-electron chi connectivity index (χ0n) is 12.6. The minimum absolute atomic E-state index is 0.329. The molecule has 0 heterocycles. The maximum Gasteiger partial charge on any atom is 0.0301 e. The molecule has 0 spiro atoms. The number of nitrogens with one attached hydrogen (secondary N) is 1. The molecule has 0 bridgehead atoms. The van der Waals surface area contributed by atoms with Crippen LogP contribution in [0.3, 0.4) is 0 Å². The van der Waals surface area contributed by atoms with Gasteiger partial charge in [0.2, 0.25) is 0 Å². The minimum Gasteiger partial charge on any atom is -0.306 e. The van der Waals surface area contributed by atoms with Crippen LogP contribution in [0.2, 0.25) is 0 Å². The van der Waals surface area contributed by atoms with Gasteiger partial charge in [-0.15, -0.1) is 0 Å². The van der Waals surface area contributed by atoms with Crippen molar-refractivity contribution in [1.82, 2.24) is 5.32 Å². The molecule has 0 saturated carbocycles. The van der Waals surface area contributed by atoms with Gasteiger partial charge < -0.3 is 5.32 Å². The van der Waals surface area contributed by atoms with Crippen molar-refractivity contribution in [2.45, 2.75) is 26.4 Å². The summed E-state index contributed by atoms with van der Waals surface area (Å²) in [6.07, 6.45) is 0. The van der Waals surface area contributed by atoms with Crippen LogP contribution in [0.1, 0.15) is 29.7 Å². The van der Waals surface area contributed by atoms with Gasteiger partial charge in [0.05, 0.1) is 0 Å². The van der Waals surface area contributed by atoms with E-state index in [2.05, 4.69) is 85.9 Å². The van der Waals surface area contributed by atoms with Crippen LogP contribution in [-0.4, -0.2) is 0 Å². The van der Waals surface area contributed by atoms with Gasteiger partial charge in [-0.25, -0.2) is 0 Å². The van der Waals surface area contributed by atoms with Crippen LogP contribution in [0, 0.1) is 6.92 Å².